The van der Waals surface area contributed by atoms with Gasteiger partial charge in [0.25, 0.3) is 5.56 Å². The highest BCUT2D eigenvalue weighted by Gasteiger charge is 2.21. The lowest BCUT2D eigenvalue weighted by atomic mass is 10.1. The summed E-state index contributed by atoms with van der Waals surface area (Å²) in [4.78, 5) is 36.2. The molecule has 27 heavy (non-hydrogen) atoms. The molecule has 0 saturated heterocycles. The number of nitrogens with one attached hydrogen (secondary N) is 1. The van der Waals surface area contributed by atoms with Gasteiger partial charge in [0.2, 0.25) is 5.91 Å². The summed E-state index contributed by atoms with van der Waals surface area (Å²) in [5.74, 6) is -0.299. The lowest BCUT2D eigenvalue weighted by Crippen LogP contribution is -2.44. The molecule has 1 N–H and O–H groups in total. The van der Waals surface area contributed by atoms with E-state index in [1.807, 2.05) is 30.5 Å². The number of benzene rings is 1. The Hall–Kier alpha value is -2.13. The fraction of sp³-hybridized carbons (Fsp3) is 0.333. The molecule has 0 radical (unpaired) electrons. The molecule has 0 aliphatic carbocycles. The maximum absolute atomic E-state index is 12.3. The van der Waals surface area contributed by atoms with Crippen molar-refractivity contribution in [2.24, 2.45) is 0 Å². The van der Waals surface area contributed by atoms with E-state index in [-0.39, 0.29) is 6.54 Å². The van der Waals surface area contributed by atoms with E-state index >= 15 is 0 Å². The van der Waals surface area contributed by atoms with Crippen molar-refractivity contribution in [2.75, 3.05) is 19.1 Å². The van der Waals surface area contributed by atoms with Crippen LogP contribution in [-0.2, 0) is 20.9 Å². The van der Waals surface area contributed by atoms with Crippen LogP contribution in [-0.4, -0.2) is 46.8 Å². The van der Waals surface area contributed by atoms with Crippen molar-refractivity contribution < 1.29 is 14.3 Å². The highest BCUT2D eigenvalue weighted by atomic mass is 79.9. The first-order chi connectivity index (χ1) is 12.9. The number of hydrogen-bond acceptors (Lipinski definition) is 6. The largest absolute Gasteiger partial charge is 0.467 e. The number of methoxy groups -OCH3 is 1. The minimum atomic E-state index is -0.750. The fourth-order valence-corrected chi connectivity index (χ4v) is 3.08. The van der Waals surface area contributed by atoms with Crippen LogP contribution in [0.4, 0.5) is 0 Å². The number of nitrogens with zero attached hydrogens (tertiary/aromatic N) is 2. The van der Waals surface area contributed by atoms with Crippen molar-refractivity contribution in [3.63, 3.8) is 0 Å². The normalized spacial score (nSPS) is 11.7. The van der Waals surface area contributed by atoms with E-state index in [2.05, 4.69) is 26.3 Å². The third kappa shape index (κ3) is 6.21. The Morgan fingerprint density at radius 3 is 2.59 bits per heavy atom. The van der Waals surface area contributed by atoms with Gasteiger partial charge in [-0.25, -0.2) is 9.48 Å². The second kappa shape index (κ2) is 10.3. The molecule has 0 spiro atoms. The number of amides is 1. The van der Waals surface area contributed by atoms with E-state index in [9.17, 15) is 14.4 Å². The van der Waals surface area contributed by atoms with Crippen LogP contribution in [0.2, 0.25) is 0 Å². The molecule has 7 nitrogen and oxygen atoms in total. The standard InChI is InChI=1S/C18H20BrN3O4S/c1-26-18(25)15(9-10-27-2)20-16(23)11-22-17(24)8-7-14(21-22)12-3-5-13(19)6-4-12/h3-8,15H,9-11H2,1-2H3,(H,20,23)/t15-/m0/s1. The topological polar surface area (TPSA) is 90.3 Å². The smallest absolute Gasteiger partial charge is 0.328 e. The van der Waals surface area contributed by atoms with Crippen molar-refractivity contribution in [1.29, 1.82) is 0 Å². The monoisotopic (exact) mass is 453 g/mol. The number of thioether (sulfide) groups is 1. The van der Waals surface area contributed by atoms with Gasteiger partial charge in [0.15, 0.2) is 0 Å². The third-order valence-electron chi connectivity index (χ3n) is 3.73. The summed E-state index contributed by atoms with van der Waals surface area (Å²) in [5.41, 5.74) is 0.992. The molecule has 2 rings (SSSR count). The number of hydrogen-bond donors (Lipinski definition) is 1. The Morgan fingerprint density at radius 1 is 1.26 bits per heavy atom. The Labute approximate surface area is 169 Å². The van der Waals surface area contributed by atoms with Crippen molar-refractivity contribution >= 4 is 39.6 Å². The van der Waals surface area contributed by atoms with E-state index < -0.39 is 23.5 Å². The van der Waals surface area contributed by atoms with Crippen molar-refractivity contribution in [2.45, 2.75) is 19.0 Å². The first kappa shape index (κ1) is 21.2. The van der Waals surface area contributed by atoms with Crippen LogP contribution in [0.3, 0.4) is 0 Å². The van der Waals surface area contributed by atoms with Crippen LogP contribution in [0.25, 0.3) is 11.3 Å². The molecule has 1 heterocycles. The number of ether oxygens (including phenoxy) is 1. The van der Waals surface area contributed by atoms with Gasteiger partial charge in [0, 0.05) is 16.1 Å². The molecule has 1 aromatic heterocycles. The quantitative estimate of drug-likeness (QED) is 0.615. The molecule has 0 fully saturated rings. The molecule has 9 heteroatoms. The van der Waals surface area contributed by atoms with Crippen LogP contribution in [0.5, 0.6) is 0 Å². The molecule has 0 bridgehead atoms. The van der Waals surface area contributed by atoms with Crippen LogP contribution in [0, 0.1) is 0 Å². The predicted octanol–water partition coefficient (Wildman–Crippen LogP) is 2.08. The van der Waals surface area contributed by atoms with E-state index in [1.165, 1.54) is 13.2 Å². The van der Waals surface area contributed by atoms with Gasteiger partial charge in [0.1, 0.15) is 12.6 Å². The van der Waals surface area contributed by atoms with E-state index in [4.69, 9.17) is 4.74 Å². The van der Waals surface area contributed by atoms with Gasteiger partial charge >= 0.3 is 5.97 Å². The Balaban J connectivity index is 2.14. The molecule has 2 aromatic rings. The van der Waals surface area contributed by atoms with Gasteiger partial charge in [-0.05, 0) is 36.6 Å². The van der Waals surface area contributed by atoms with Crippen molar-refractivity contribution in [1.82, 2.24) is 15.1 Å². The number of carbonyl (C=O) groups excluding carboxylic acids is 2. The molecular formula is C18H20BrN3O4S. The molecule has 1 amide bonds. The minimum Gasteiger partial charge on any atom is -0.467 e. The average molecular weight is 454 g/mol. The van der Waals surface area contributed by atoms with Gasteiger partial charge < -0.3 is 10.1 Å². The minimum absolute atomic E-state index is 0.282. The molecule has 0 aliphatic heterocycles. The summed E-state index contributed by atoms with van der Waals surface area (Å²) in [7, 11) is 1.27. The number of aromatic nitrogens is 2. The Kier molecular flexibility index (Phi) is 8.05. The zero-order chi connectivity index (χ0) is 19.8. The highest BCUT2D eigenvalue weighted by molar-refractivity contribution is 9.10. The summed E-state index contributed by atoms with van der Waals surface area (Å²) in [6.45, 7) is -0.282. The lowest BCUT2D eigenvalue weighted by Gasteiger charge is -2.16. The maximum Gasteiger partial charge on any atom is 0.328 e. The Bertz CT molecular complexity index is 854. The summed E-state index contributed by atoms with van der Waals surface area (Å²) >= 11 is 4.93. The van der Waals surface area contributed by atoms with Crippen LogP contribution < -0.4 is 10.9 Å². The second-order valence-electron chi connectivity index (χ2n) is 5.65. The second-order valence-corrected chi connectivity index (χ2v) is 7.55. The number of carbonyl (C=O) groups is 2. The average Bonchev–Trinajstić information content (AvgIpc) is 2.67. The van der Waals surface area contributed by atoms with Gasteiger partial charge in [-0.3, -0.25) is 9.59 Å². The van der Waals surface area contributed by atoms with E-state index in [0.717, 1.165) is 14.7 Å². The van der Waals surface area contributed by atoms with Gasteiger partial charge in [-0.2, -0.15) is 16.9 Å². The zero-order valence-corrected chi connectivity index (χ0v) is 17.4. The van der Waals surface area contributed by atoms with Gasteiger partial charge in [0.05, 0.1) is 12.8 Å². The maximum atomic E-state index is 12.3. The van der Waals surface area contributed by atoms with Crippen molar-refractivity contribution in [3.05, 3.63) is 51.2 Å². The SMILES string of the molecule is COC(=O)[C@H](CCSC)NC(=O)Cn1nc(-c2ccc(Br)cc2)ccc1=O. The number of esters is 1. The summed E-state index contributed by atoms with van der Waals surface area (Å²) < 4.78 is 6.73. The fourth-order valence-electron chi connectivity index (χ4n) is 2.34. The number of halogens is 1. The number of rotatable bonds is 8. The molecule has 1 aromatic carbocycles. The van der Waals surface area contributed by atoms with Crippen LogP contribution in [0.15, 0.2) is 45.7 Å². The van der Waals surface area contributed by atoms with E-state index in [1.54, 1.807) is 17.8 Å². The van der Waals surface area contributed by atoms with Gasteiger partial charge in [-0.15, -0.1) is 0 Å². The highest BCUT2D eigenvalue weighted by Crippen LogP contribution is 2.18. The molecule has 0 unspecified atom stereocenters. The third-order valence-corrected chi connectivity index (χ3v) is 4.90. The first-order valence-electron chi connectivity index (χ1n) is 8.15. The van der Waals surface area contributed by atoms with Crippen molar-refractivity contribution in [3.8, 4) is 11.3 Å². The predicted molar refractivity (Wildman–Crippen MR) is 109 cm³/mol. The van der Waals surface area contributed by atoms with Gasteiger partial charge in [-0.1, -0.05) is 28.1 Å². The van der Waals surface area contributed by atoms with E-state index in [0.29, 0.717) is 17.9 Å². The first-order valence-corrected chi connectivity index (χ1v) is 10.3. The summed E-state index contributed by atoms with van der Waals surface area (Å²) in [5, 5.41) is 6.87. The van der Waals surface area contributed by atoms with Crippen LogP contribution in [0.1, 0.15) is 6.42 Å². The molecule has 0 aliphatic rings. The molecule has 0 saturated carbocycles. The molecule has 144 valence electrons. The summed E-state index contributed by atoms with van der Waals surface area (Å²) in [6, 6.07) is 9.67. The zero-order valence-electron chi connectivity index (χ0n) is 15.0. The lowest BCUT2D eigenvalue weighted by molar-refractivity contribution is -0.145. The summed E-state index contributed by atoms with van der Waals surface area (Å²) in [6.07, 6.45) is 2.36. The Morgan fingerprint density at radius 2 is 1.96 bits per heavy atom. The van der Waals surface area contributed by atoms with Crippen LogP contribution >= 0.6 is 27.7 Å². The molecule has 1 atom stereocenters. The molecular weight excluding hydrogens is 434 g/mol.